The van der Waals surface area contributed by atoms with Crippen LogP contribution in [0.15, 0.2) is 78.9 Å². The highest BCUT2D eigenvalue weighted by Gasteiger charge is 2.27. The molecular formula is C35H46N4O2. The van der Waals surface area contributed by atoms with E-state index in [0.29, 0.717) is 26.1 Å². The Balaban J connectivity index is 1.45. The number of hydrogen-bond donors (Lipinski definition) is 1. The second-order valence-corrected chi connectivity index (χ2v) is 11.7. The summed E-state index contributed by atoms with van der Waals surface area (Å²) in [4.78, 5) is 33.5. The normalized spacial score (nSPS) is 14.8. The van der Waals surface area contributed by atoms with Crippen LogP contribution >= 0.6 is 0 Å². The van der Waals surface area contributed by atoms with E-state index in [1.54, 1.807) is 0 Å². The van der Waals surface area contributed by atoms with Gasteiger partial charge in [-0.05, 0) is 41.0 Å². The van der Waals surface area contributed by atoms with E-state index < -0.39 is 0 Å². The third-order valence-electron chi connectivity index (χ3n) is 8.16. The van der Waals surface area contributed by atoms with Gasteiger partial charge in [-0.3, -0.25) is 9.69 Å². The summed E-state index contributed by atoms with van der Waals surface area (Å²) in [7, 11) is 0. The zero-order valence-corrected chi connectivity index (χ0v) is 25.3. The Morgan fingerprint density at radius 3 is 1.88 bits per heavy atom. The van der Waals surface area contributed by atoms with Gasteiger partial charge in [-0.2, -0.15) is 0 Å². The van der Waals surface area contributed by atoms with Crippen molar-refractivity contribution in [2.75, 3.05) is 38.0 Å². The fraction of sp³-hybridized carbons (Fsp3) is 0.429. The lowest BCUT2D eigenvalue weighted by Gasteiger charge is -2.36. The van der Waals surface area contributed by atoms with Gasteiger partial charge in [0.1, 0.15) is 0 Å². The molecule has 3 aromatic carbocycles. The quantitative estimate of drug-likeness (QED) is 0.287. The van der Waals surface area contributed by atoms with Gasteiger partial charge in [0.15, 0.2) is 0 Å². The molecule has 0 bridgehead atoms. The molecule has 4 rings (SSSR count). The summed E-state index contributed by atoms with van der Waals surface area (Å²) in [5, 5.41) is 3.28. The first kappa shape index (κ1) is 30.3. The topological polar surface area (TPSA) is 55.9 Å². The van der Waals surface area contributed by atoms with E-state index >= 15 is 0 Å². The average molecular weight is 555 g/mol. The summed E-state index contributed by atoms with van der Waals surface area (Å²) in [5.41, 5.74) is 5.49. The molecule has 6 nitrogen and oxygen atoms in total. The summed E-state index contributed by atoms with van der Waals surface area (Å²) in [5.74, 6) is 0.644. The number of amides is 3. The molecule has 1 fully saturated rings. The van der Waals surface area contributed by atoms with Gasteiger partial charge in [0, 0.05) is 51.4 Å². The summed E-state index contributed by atoms with van der Waals surface area (Å²) in [6, 6.07) is 26.4. The Morgan fingerprint density at radius 2 is 1.32 bits per heavy atom. The van der Waals surface area contributed by atoms with Gasteiger partial charge in [-0.25, -0.2) is 4.79 Å². The highest BCUT2D eigenvalue weighted by Crippen LogP contribution is 2.33. The number of piperazine rings is 1. The van der Waals surface area contributed by atoms with Gasteiger partial charge < -0.3 is 15.1 Å². The van der Waals surface area contributed by atoms with Crippen LogP contribution < -0.4 is 5.32 Å². The highest BCUT2D eigenvalue weighted by atomic mass is 16.2. The Labute approximate surface area is 246 Å². The second-order valence-electron chi connectivity index (χ2n) is 11.7. The van der Waals surface area contributed by atoms with Gasteiger partial charge in [-0.1, -0.05) is 107 Å². The van der Waals surface area contributed by atoms with Crippen molar-refractivity contribution >= 4 is 17.6 Å². The number of nitrogens with one attached hydrogen (secondary N) is 1. The number of rotatable bonds is 10. The van der Waals surface area contributed by atoms with Crippen molar-refractivity contribution in [1.29, 1.82) is 0 Å². The average Bonchev–Trinajstić information content (AvgIpc) is 2.98. The largest absolute Gasteiger partial charge is 0.340 e. The van der Waals surface area contributed by atoms with Crippen LogP contribution in [-0.2, 0) is 11.3 Å². The van der Waals surface area contributed by atoms with Crippen molar-refractivity contribution in [3.63, 3.8) is 0 Å². The second kappa shape index (κ2) is 14.3. The van der Waals surface area contributed by atoms with E-state index in [1.165, 1.54) is 5.56 Å². The zero-order chi connectivity index (χ0) is 29.4. The summed E-state index contributed by atoms with van der Waals surface area (Å²) < 4.78 is 0. The monoisotopic (exact) mass is 554 g/mol. The number of carbonyl (C=O) groups is 2. The molecule has 3 aromatic rings. The molecule has 1 aliphatic rings. The first-order chi connectivity index (χ1) is 19.7. The van der Waals surface area contributed by atoms with Crippen molar-refractivity contribution in [2.24, 2.45) is 0 Å². The molecular weight excluding hydrogens is 508 g/mol. The molecule has 0 saturated carbocycles. The number of para-hydroxylation sites is 1. The number of benzene rings is 3. The van der Waals surface area contributed by atoms with Crippen LogP contribution in [0.5, 0.6) is 0 Å². The molecule has 1 heterocycles. The molecule has 218 valence electrons. The molecule has 1 unspecified atom stereocenters. The van der Waals surface area contributed by atoms with E-state index in [0.717, 1.165) is 42.0 Å². The lowest BCUT2D eigenvalue weighted by molar-refractivity contribution is -0.133. The SMILES string of the molecule is CC(C)c1cccc(C(C)C)c1NC(=O)N(CCC(=O)N1CCN(Cc2ccccc2)CC1)C(C)c1ccccc1. The van der Waals surface area contributed by atoms with Crippen LogP contribution in [0, 0.1) is 0 Å². The van der Waals surface area contributed by atoms with Crippen LogP contribution in [-0.4, -0.2) is 59.4 Å². The molecule has 6 heteroatoms. The van der Waals surface area contributed by atoms with Crippen LogP contribution in [0.3, 0.4) is 0 Å². The van der Waals surface area contributed by atoms with Crippen LogP contribution in [0.2, 0.25) is 0 Å². The van der Waals surface area contributed by atoms with Crippen molar-refractivity contribution in [1.82, 2.24) is 14.7 Å². The lowest BCUT2D eigenvalue weighted by atomic mass is 9.92. The highest BCUT2D eigenvalue weighted by molar-refractivity contribution is 5.92. The van der Waals surface area contributed by atoms with E-state index in [2.05, 4.69) is 80.4 Å². The number of hydrogen-bond acceptors (Lipinski definition) is 3. The first-order valence-electron chi connectivity index (χ1n) is 15.0. The third kappa shape index (κ3) is 7.98. The smallest absolute Gasteiger partial charge is 0.322 e. The van der Waals surface area contributed by atoms with Crippen molar-refractivity contribution in [3.8, 4) is 0 Å². The maximum atomic E-state index is 14.0. The molecule has 1 aliphatic heterocycles. The Kier molecular flexibility index (Phi) is 10.6. The molecule has 1 atom stereocenters. The summed E-state index contributed by atoms with van der Waals surface area (Å²) in [6.45, 7) is 15.0. The Bertz CT molecular complexity index is 1240. The van der Waals surface area contributed by atoms with E-state index in [9.17, 15) is 9.59 Å². The van der Waals surface area contributed by atoms with E-state index in [1.807, 2.05) is 53.1 Å². The molecule has 3 amide bonds. The molecule has 1 N–H and O–H groups in total. The maximum Gasteiger partial charge on any atom is 0.322 e. The fourth-order valence-electron chi connectivity index (χ4n) is 5.63. The van der Waals surface area contributed by atoms with Gasteiger partial charge >= 0.3 is 6.03 Å². The minimum absolute atomic E-state index is 0.105. The molecule has 1 saturated heterocycles. The van der Waals surface area contributed by atoms with Gasteiger partial charge in [0.05, 0.1) is 6.04 Å². The van der Waals surface area contributed by atoms with Crippen LogP contribution in [0.25, 0.3) is 0 Å². The van der Waals surface area contributed by atoms with E-state index in [4.69, 9.17) is 0 Å². The summed E-state index contributed by atoms with van der Waals surface area (Å²) in [6.07, 6.45) is 0.298. The van der Waals surface area contributed by atoms with Crippen molar-refractivity contribution < 1.29 is 9.59 Å². The number of urea groups is 1. The standard InChI is InChI=1S/C35H46N4O2/c1-26(2)31-17-12-18-32(27(3)4)34(31)36-35(41)39(28(5)30-15-10-7-11-16-30)20-19-33(40)38-23-21-37(22-24-38)25-29-13-8-6-9-14-29/h6-18,26-28H,19-25H2,1-5H3,(H,36,41). The molecule has 0 aromatic heterocycles. The minimum Gasteiger partial charge on any atom is -0.340 e. The van der Waals surface area contributed by atoms with Crippen LogP contribution in [0.1, 0.15) is 81.2 Å². The van der Waals surface area contributed by atoms with Gasteiger partial charge in [-0.15, -0.1) is 0 Å². The van der Waals surface area contributed by atoms with Gasteiger partial charge in [0.2, 0.25) is 5.91 Å². The summed E-state index contributed by atoms with van der Waals surface area (Å²) >= 11 is 0. The predicted octanol–water partition coefficient (Wildman–Crippen LogP) is 7.26. The fourth-order valence-corrected chi connectivity index (χ4v) is 5.63. The number of nitrogens with zero attached hydrogens (tertiary/aromatic N) is 3. The minimum atomic E-state index is -0.180. The molecule has 41 heavy (non-hydrogen) atoms. The van der Waals surface area contributed by atoms with Gasteiger partial charge in [0.25, 0.3) is 0 Å². The third-order valence-corrected chi connectivity index (χ3v) is 8.16. The molecule has 0 radical (unpaired) electrons. The van der Waals surface area contributed by atoms with E-state index in [-0.39, 0.29) is 29.8 Å². The zero-order valence-electron chi connectivity index (χ0n) is 25.3. The molecule has 0 aliphatic carbocycles. The maximum absolute atomic E-state index is 14.0. The number of anilines is 1. The first-order valence-corrected chi connectivity index (χ1v) is 15.0. The predicted molar refractivity (Wildman–Crippen MR) is 168 cm³/mol. The van der Waals surface area contributed by atoms with Crippen molar-refractivity contribution in [3.05, 3.63) is 101 Å². The van der Waals surface area contributed by atoms with Crippen molar-refractivity contribution in [2.45, 2.75) is 65.5 Å². The molecule has 0 spiro atoms. The number of carbonyl (C=O) groups excluding carboxylic acids is 2. The lowest BCUT2D eigenvalue weighted by Crippen LogP contribution is -2.49. The Morgan fingerprint density at radius 1 is 0.756 bits per heavy atom. The Hall–Kier alpha value is -3.64. The van der Waals surface area contributed by atoms with Crippen LogP contribution in [0.4, 0.5) is 10.5 Å².